The van der Waals surface area contributed by atoms with E-state index in [1.807, 2.05) is 43.3 Å². The molecule has 23 heavy (non-hydrogen) atoms. The molecule has 0 aliphatic heterocycles. The molecule has 0 heterocycles. The topological polar surface area (TPSA) is 59.3 Å². The molecular weight excluding hydrogens is 358 g/mol. The Morgan fingerprint density at radius 1 is 1.30 bits per heavy atom. The third kappa shape index (κ3) is 4.70. The molecule has 5 heteroatoms. The number of esters is 1. The normalized spacial score (nSPS) is 10.3. The average molecular weight is 372 g/mol. The van der Waals surface area contributed by atoms with E-state index in [9.17, 15) is 4.79 Å². The molecule has 2 aromatic carbocycles. The number of hydrogen-bond donors (Lipinski definition) is 0. The van der Waals surface area contributed by atoms with Crippen molar-refractivity contribution in [3.63, 3.8) is 0 Å². The summed E-state index contributed by atoms with van der Waals surface area (Å²) in [7, 11) is 0. The number of rotatable bonds is 5. The van der Waals surface area contributed by atoms with Crippen LogP contribution >= 0.6 is 15.9 Å². The minimum absolute atomic E-state index is 0.258. The second-order valence-electron chi connectivity index (χ2n) is 4.50. The summed E-state index contributed by atoms with van der Waals surface area (Å²) < 4.78 is 11.3. The first-order valence-electron chi connectivity index (χ1n) is 6.95. The van der Waals surface area contributed by atoms with E-state index in [1.165, 1.54) is 12.1 Å². The van der Waals surface area contributed by atoms with Crippen molar-refractivity contribution in [3.8, 4) is 17.6 Å². The third-order valence-electron chi connectivity index (χ3n) is 2.85. The summed E-state index contributed by atoms with van der Waals surface area (Å²) in [6.45, 7) is 2.21. The van der Waals surface area contributed by atoms with Crippen molar-refractivity contribution in [2.45, 2.75) is 6.92 Å². The monoisotopic (exact) mass is 371 g/mol. The number of carbonyl (C=O) groups is 1. The number of nitriles is 1. The van der Waals surface area contributed by atoms with E-state index < -0.39 is 5.97 Å². The highest BCUT2D eigenvalue weighted by atomic mass is 79.9. The summed E-state index contributed by atoms with van der Waals surface area (Å²) in [5, 5.41) is 8.99. The number of halogens is 1. The van der Waals surface area contributed by atoms with Gasteiger partial charge in [0.1, 0.15) is 0 Å². The van der Waals surface area contributed by atoms with Gasteiger partial charge >= 0.3 is 5.97 Å². The molecule has 2 rings (SSSR count). The lowest BCUT2D eigenvalue weighted by atomic mass is 10.2. The van der Waals surface area contributed by atoms with Gasteiger partial charge in [0, 0.05) is 12.1 Å². The highest BCUT2D eigenvalue weighted by Crippen LogP contribution is 2.37. The summed E-state index contributed by atoms with van der Waals surface area (Å²) in [6.07, 6.45) is 3.01. The fraction of sp³-hybridized carbons (Fsp3) is 0.111. The second-order valence-corrected chi connectivity index (χ2v) is 5.35. The molecule has 0 bridgehead atoms. The molecule has 0 fully saturated rings. The first kappa shape index (κ1) is 16.8. The van der Waals surface area contributed by atoms with E-state index in [2.05, 4.69) is 15.9 Å². The van der Waals surface area contributed by atoms with Gasteiger partial charge in [0.05, 0.1) is 22.7 Å². The minimum Gasteiger partial charge on any atom is -0.490 e. The average Bonchev–Trinajstić information content (AvgIpc) is 2.57. The van der Waals surface area contributed by atoms with Crippen LogP contribution in [0.3, 0.4) is 0 Å². The molecule has 4 nitrogen and oxygen atoms in total. The van der Waals surface area contributed by atoms with Crippen LogP contribution in [0, 0.1) is 11.3 Å². The Hall–Kier alpha value is -2.58. The Labute approximate surface area is 143 Å². The zero-order valence-corrected chi connectivity index (χ0v) is 14.0. The van der Waals surface area contributed by atoms with Gasteiger partial charge in [0.25, 0.3) is 0 Å². The summed E-state index contributed by atoms with van der Waals surface area (Å²) in [5.41, 5.74) is 1.31. The van der Waals surface area contributed by atoms with Crippen LogP contribution in [-0.2, 0) is 4.79 Å². The van der Waals surface area contributed by atoms with Gasteiger partial charge < -0.3 is 9.47 Å². The lowest BCUT2D eigenvalue weighted by molar-refractivity contribution is -0.129. The predicted octanol–water partition coefficient (Wildman–Crippen LogP) is 4.34. The Morgan fingerprint density at radius 2 is 2.04 bits per heavy atom. The van der Waals surface area contributed by atoms with Gasteiger partial charge in [-0.25, -0.2) is 4.79 Å². The second kappa shape index (κ2) is 8.16. The molecule has 0 unspecified atom stereocenters. The largest absolute Gasteiger partial charge is 0.490 e. The van der Waals surface area contributed by atoms with Crippen molar-refractivity contribution in [2.24, 2.45) is 0 Å². The fourth-order valence-electron chi connectivity index (χ4n) is 1.86. The van der Waals surface area contributed by atoms with Gasteiger partial charge in [-0.3, -0.25) is 0 Å². The molecule has 2 aromatic rings. The Kier molecular flexibility index (Phi) is 5.95. The number of carbonyl (C=O) groups excluding carboxylic acids is 1. The van der Waals surface area contributed by atoms with E-state index >= 15 is 0 Å². The van der Waals surface area contributed by atoms with Gasteiger partial charge in [0.2, 0.25) is 0 Å². The number of ether oxygens (including phenoxy) is 2. The number of nitrogens with zero attached hydrogens (tertiary/aromatic N) is 1. The van der Waals surface area contributed by atoms with Crippen LogP contribution in [0.2, 0.25) is 0 Å². The Bertz CT molecular complexity index is 764. The van der Waals surface area contributed by atoms with Crippen LogP contribution in [-0.4, -0.2) is 12.6 Å². The van der Waals surface area contributed by atoms with Crippen molar-refractivity contribution in [1.82, 2.24) is 0 Å². The molecule has 0 aromatic heterocycles. The maximum atomic E-state index is 12.0. The molecule has 0 amide bonds. The molecule has 0 N–H and O–H groups in total. The SMILES string of the molecule is CCOc1cc(C#N)cc(Br)c1OC(=O)C=Cc1ccccc1. The zero-order valence-electron chi connectivity index (χ0n) is 12.5. The Morgan fingerprint density at radius 3 is 2.70 bits per heavy atom. The highest BCUT2D eigenvalue weighted by Gasteiger charge is 2.14. The van der Waals surface area contributed by atoms with E-state index in [0.717, 1.165) is 5.56 Å². The zero-order chi connectivity index (χ0) is 16.7. The lowest BCUT2D eigenvalue weighted by Gasteiger charge is -2.11. The van der Waals surface area contributed by atoms with Crippen molar-refractivity contribution in [2.75, 3.05) is 6.61 Å². The molecule has 0 aliphatic rings. The van der Waals surface area contributed by atoms with Crippen LogP contribution < -0.4 is 9.47 Å². The molecule has 0 radical (unpaired) electrons. The Balaban J connectivity index is 2.20. The molecule has 116 valence electrons. The molecule has 0 spiro atoms. The van der Waals surface area contributed by atoms with E-state index in [0.29, 0.717) is 22.4 Å². The molecule has 0 saturated heterocycles. The van der Waals surface area contributed by atoms with Gasteiger partial charge in [-0.05, 0) is 40.6 Å². The fourth-order valence-corrected chi connectivity index (χ4v) is 2.38. The molecule has 0 saturated carbocycles. The predicted molar refractivity (Wildman–Crippen MR) is 91.1 cm³/mol. The lowest BCUT2D eigenvalue weighted by Crippen LogP contribution is -2.06. The number of benzene rings is 2. The van der Waals surface area contributed by atoms with Gasteiger partial charge in [-0.2, -0.15) is 5.26 Å². The van der Waals surface area contributed by atoms with E-state index in [-0.39, 0.29) is 5.75 Å². The van der Waals surface area contributed by atoms with Crippen molar-refractivity contribution < 1.29 is 14.3 Å². The summed E-state index contributed by atoms with van der Waals surface area (Å²) in [5.74, 6) is 0.0775. The van der Waals surface area contributed by atoms with Crippen molar-refractivity contribution in [3.05, 3.63) is 64.1 Å². The first-order valence-corrected chi connectivity index (χ1v) is 7.74. The maximum absolute atomic E-state index is 12.0. The smallest absolute Gasteiger partial charge is 0.336 e. The minimum atomic E-state index is -0.528. The standard InChI is InChI=1S/C18H14BrNO3/c1-2-22-16-11-14(12-20)10-15(19)18(16)23-17(21)9-8-13-6-4-3-5-7-13/h3-11H,2H2,1H3. The maximum Gasteiger partial charge on any atom is 0.336 e. The van der Waals surface area contributed by atoms with Gasteiger partial charge in [-0.1, -0.05) is 30.3 Å². The van der Waals surface area contributed by atoms with Crippen LogP contribution in [0.15, 0.2) is 53.0 Å². The van der Waals surface area contributed by atoms with E-state index in [4.69, 9.17) is 14.7 Å². The third-order valence-corrected chi connectivity index (χ3v) is 3.44. The van der Waals surface area contributed by atoms with Gasteiger partial charge in [0.15, 0.2) is 11.5 Å². The van der Waals surface area contributed by atoms with Crippen LogP contribution in [0.4, 0.5) is 0 Å². The number of hydrogen-bond acceptors (Lipinski definition) is 4. The van der Waals surface area contributed by atoms with Crippen LogP contribution in [0.25, 0.3) is 6.08 Å². The molecule has 0 aliphatic carbocycles. The quantitative estimate of drug-likeness (QED) is 0.445. The van der Waals surface area contributed by atoms with Gasteiger partial charge in [-0.15, -0.1) is 0 Å². The van der Waals surface area contributed by atoms with Crippen LogP contribution in [0.5, 0.6) is 11.5 Å². The van der Waals surface area contributed by atoms with Crippen molar-refractivity contribution >= 4 is 28.0 Å². The molecular formula is C18H14BrNO3. The highest BCUT2D eigenvalue weighted by molar-refractivity contribution is 9.10. The summed E-state index contributed by atoms with van der Waals surface area (Å²) in [4.78, 5) is 12.0. The van der Waals surface area contributed by atoms with Crippen LogP contribution in [0.1, 0.15) is 18.1 Å². The summed E-state index contributed by atoms with van der Waals surface area (Å²) >= 11 is 3.30. The first-order chi connectivity index (χ1) is 11.1. The van der Waals surface area contributed by atoms with Crippen molar-refractivity contribution in [1.29, 1.82) is 5.26 Å². The summed E-state index contributed by atoms with van der Waals surface area (Å²) in [6, 6.07) is 14.6. The van der Waals surface area contributed by atoms with E-state index in [1.54, 1.807) is 12.1 Å². The molecule has 0 atom stereocenters.